The molecular formula is C49H50N6O10. The molecule has 0 bridgehead atoms. The lowest BCUT2D eigenvalue weighted by Gasteiger charge is -2.16. The van der Waals surface area contributed by atoms with E-state index in [0.29, 0.717) is 89.2 Å². The second-order valence-electron chi connectivity index (χ2n) is 14.3. The summed E-state index contributed by atoms with van der Waals surface area (Å²) >= 11 is 0. The molecule has 6 rings (SSSR count). The third kappa shape index (κ3) is 16.0. The van der Waals surface area contributed by atoms with E-state index in [9.17, 15) is 9.59 Å². The summed E-state index contributed by atoms with van der Waals surface area (Å²) in [6, 6.07) is 24.5. The minimum atomic E-state index is -0.692. The van der Waals surface area contributed by atoms with Gasteiger partial charge in [0.1, 0.15) is 30.6 Å². The second kappa shape index (κ2) is 26.0. The fourth-order valence-corrected chi connectivity index (χ4v) is 6.17. The van der Waals surface area contributed by atoms with E-state index in [4.69, 9.17) is 43.2 Å². The number of nitrogens with one attached hydrogen (secondary N) is 2. The number of benzene rings is 3. The molecule has 0 aliphatic carbocycles. The van der Waals surface area contributed by atoms with Crippen LogP contribution in [0.25, 0.3) is 0 Å². The summed E-state index contributed by atoms with van der Waals surface area (Å²) in [6.45, 7) is 8.12. The van der Waals surface area contributed by atoms with Crippen molar-refractivity contribution >= 4 is 11.6 Å². The molecule has 5 aromatic rings. The lowest BCUT2D eigenvalue weighted by Crippen LogP contribution is -2.34. The summed E-state index contributed by atoms with van der Waals surface area (Å²) in [5.74, 6) is 13.2. The number of aromatic amines is 1. The van der Waals surface area contributed by atoms with Gasteiger partial charge in [-0.3, -0.25) is 14.3 Å². The van der Waals surface area contributed by atoms with Gasteiger partial charge in [0.25, 0.3) is 5.56 Å². The average molecular weight is 883 g/mol. The first-order chi connectivity index (χ1) is 31.8. The van der Waals surface area contributed by atoms with Crippen LogP contribution in [-0.4, -0.2) is 98.3 Å². The maximum absolute atomic E-state index is 12.5. The molecule has 2 atom stereocenters. The van der Waals surface area contributed by atoms with Gasteiger partial charge in [-0.05, 0) is 73.0 Å². The Kier molecular flexibility index (Phi) is 19.0. The fraction of sp³-hybridized carbons (Fsp3) is 0.327. The van der Waals surface area contributed by atoms with Crippen LogP contribution in [0.5, 0.6) is 11.6 Å². The smallest absolute Gasteiger partial charge is 0.330 e. The minimum absolute atomic E-state index is 0.0761. The van der Waals surface area contributed by atoms with Crippen molar-refractivity contribution in [1.29, 1.82) is 5.26 Å². The summed E-state index contributed by atoms with van der Waals surface area (Å²) in [4.78, 5) is 35.9. The molecule has 0 spiro atoms. The van der Waals surface area contributed by atoms with Crippen molar-refractivity contribution in [3.05, 3.63) is 152 Å². The van der Waals surface area contributed by atoms with Gasteiger partial charge >= 0.3 is 5.69 Å². The third-order valence-corrected chi connectivity index (χ3v) is 9.30. The van der Waals surface area contributed by atoms with Gasteiger partial charge in [0.15, 0.2) is 6.23 Å². The number of anilines is 2. The molecule has 336 valence electrons. The summed E-state index contributed by atoms with van der Waals surface area (Å²) in [6.07, 6.45) is 5.55. The van der Waals surface area contributed by atoms with Gasteiger partial charge in [-0.1, -0.05) is 60.1 Å². The molecule has 1 aliphatic heterocycles. The number of nitriles is 1. The molecule has 2 unspecified atom stereocenters. The van der Waals surface area contributed by atoms with Crippen molar-refractivity contribution in [3.63, 3.8) is 0 Å². The molecule has 3 aromatic carbocycles. The quantitative estimate of drug-likeness (QED) is 0.0475. The summed E-state index contributed by atoms with van der Waals surface area (Å²) in [5.41, 5.74) is 3.98. The molecule has 0 saturated heterocycles. The fourth-order valence-electron chi connectivity index (χ4n) is 6.17. The van der Waals surface area contributed by atoms with Gasteiger partial charge in [-0.15, -0.1) is 0 Å². The van der Waals surface area contributed by atoms with E-state index in [2.05, 4.69) is 50.0 Å². The predicted molar refractivity (Wildman–Crippen MR) is 241 cm³/mol. The van der Waals surface area contributed by atoms with Crippen molar-refractivity contribution in [2.75, 3.05) is 78.0 Å². The SMILES string of the molecule is Cc1cc(C#CCOCCOCCOCCOCCOCC#Cc2cn(C3C=CC(COCc4ccccc4)O3)c(=O)[nH]c2=O)cc(C)c1Oc1ccnc(Nc2ccc(C#N)cc2)n1. The molecule has 3 heterocycles. The molecular weight excluding hydrogens is 833 g/mol. The first kappa shape index (κ1) is 47.6. The van der Waals surface area contributed by atoms with Crippen LogP contribution in [0.1, 0.15) is 39.6 Å². The monoisotopic (exact) mass is 882 g/mol. The molecule has 16 nitrogen and oxygen atoms in total. The van der Waals surface area contributed by atoms with Crippen LogP contribution >= 0.6 is 0 Å². The second-order valence-corrected chi connectivity index (χ2v) is 14.3. The van der Waals surface area contributed by atoms with Gasteiger partial charge in [-0.2, -0.15) is 10.2 Å². The number of hydrogen-bond acceptors (Lipinski definition) is 14. The number of aryl methyl sites for hydroxylation is 2. The van der Waals surface area contributed by atoms with Gasteiger partial charge in [0.05, 0.1) is 77.7 Å². The van der Waals surface area contributed by atoms with Crippen LogP contribution in [0.3, 0.4) is 0 Å². The number of nitrogens with zero attached hydrogens (tertiary/aromatic N) is 4. The molecule has 2 N–H and O–H groups in total. The molecule has 0 radical (unpaired) electrons. The highest BCUT2D eigenvalue weighted by molar-refractivity contribution is 5.55. The zero-order valence-corrected chi connectivity index (χ0v) is 36.2. The van der Waals surface area contributed by atoms with Crippen molar-refractivity contribution in [2.24, 2.45) is 0 Å². The largest absolute Gasteiger partial charge is 0.438 e. The number of hydrogen-bond donors (Lipinski definition) is 2. The highest BCUT2D eigenvalue weighted by Crippen LogP contribution is 2.29. The van der Waals surface area contributed by atoms with Crippen molar-refractivity contribution in [3.8, 4) is 41.4 Å². The van der Waals surface area contributed by atoms with Crippen LogP contribution in [0, 0.1) is 48.9 Å². The van der Waals surface area contributed by atoms with E-state index in [-0.39, 0.29) is 24.9 Å². The number of aromatic nitrogens is 4. The Labute approximate surface area is 377 Å². The Morgan fingerprint density at radius 2 is 1.42 bits per heavy atom. The van der Waals surface area contributed by atoms with Crippen LogP contribution in [0.15, 0.2) is 107 Å². The van der Waals surface area contributed by atoms with Gasteiger partial charge in [0.2, 0.25) is 11.8 Å². The van der Waals surface area contributed by atoms with Crippen molar-refractivity contribution < 1.29 is 37.9 Å². The van der Waals surface area contributed by atoms with E-state index < -0.39 is 17.5 Å². The first-order valence-corrected chi connectivity index (χ1v) is 20.9. The molecule has 2 aromatic heterocycles. The van der Waals surface area contributed by atoms with Crippen LogP contribution in [0.2, 0.25) is 0 Å². The highest BCUT2D eigenvalue weighted by Gasteiger charge is 2.22. The van der Waals surface area contributed by atoms with Gasteiger partial charge in [-0.25, -0.2) is 9.78 Å². The van der Waals surface area contributed by atoms with Gasteiger partial charge in [0, 0.05) is 29.7 Å². The molecule has 0 fully saturated rings. The molecule has 1 aliphatic rings. The van der Waals surface area contributed by atoms with Crippen LogP contribution in [0.4, 0.5) is 11.6 Å². The Morgan fingerprint density at radius 3 is 2.08 bits per heavy atom. The zero-order valence-electron chi connectivity index (χ0n) is 36.2. The Balaban J connectivity index is 0.762. The Morgan fingerprint density at radius 1 is 0.769 bits per heavy atom. The van der Waals surface area contributed by atoms with Crippen LogP contribution < -0.4 is 21.3 Å². The lowest BCUT2D eigenvalue weighted by molar-refractivity contribution is -0.0342. The van der Waals surface area contributed by atoms with Crippen molar-refractivity contribution in [1.82, 2.24) is 19.5 Å². The molecule has 0 amide bonds. The predicted octanol–water partition coefficient (Wildman–Crippen LogP) is 5.51. The molecule has 16 heteroatoms. The third-order valence-electron chi connectivity index (χ3n) is 9.30. The first-order valence-electron chi connectivity index (χ1n) is 20.9. The van der Waals surface area contributed by atoms with Crippen molar-refractivity contribution in [2.45, 2.75) is 32.8 Å². The standard InChI is InChI=1S/C49H50N6O10/c1-36-30-40(31-37(2)46(36)65-44-18-19-51-48(53-44)52-42-14-12-38(32-50)13-15-42)10-6-20-58-22-24-60-26-28-62-29-27-61-25-23-59-21-7-11-41-33-55(49(57)54-47(41)56)45-17-16-43(64-45)35-63-34-39-8-4-3-5-9-39/h3-5,8-9,12-19,30-31,33,43,45H,20-29,34-35H2,1-2H3,(H,51,52,53)(H,54,56,57). The van der Waals surface area contributed by atoms with Gasteiger partial charge < -0.3 is 43.2 Å². The Hall–Kier alpha value is -6.91. The molecule has 0 saturated carbocycles. The van der Waals surface area contributed by atoms with E-state index in [1.54, 1.807) is 42.6 Å². The van der Waals surface area contributed by atoms with E-state index >= 15 is 0 Å². The summed E-state index contributed by atoms with van der Waals surface area (Å²) < 4.78 is 46.8. The van der Waals surface area contributed by atoms with Crippen LogP contribution in [-0.2, 0) is 39.8 Å². The number of rotatable bonds is 23. The molecule has 65 heavy (non-hydrogen) atoms. The summed E-state index contributed by atoms with van der Waals surface area (Å²) in [7, 11) is 0. The number of ether oxygens (including phenoxy) is 8. The maximum Gasteiger partial charge on any atom is 0.330 e. The topological polar surface area (TPSA) is 190 Å². The highest BCUT2D eigenvalue weighted by atomic mass is 16.6. The van der Waals surface area contributed by atoms with E-state index in [1.165, 1.54) is 10.8 Å². The van der Waals surface area contributed by atoms with E-state index in [1.807, 2.05) is 62.4 Å². The average Bonchev–Trinajstić information content (AvgIpc) is 3.78. The minimum Gasteiger partial charge on any atom is -0.438 e. The Bertz CT molecular complexity index is 2600. The summed E-state index contributed by atoms with van der Waals surface area (Å²) in [5, 5.41) is 12.1. The normalized spacial score (nSPS) is 13.9. The lowest BCUT2D eigenvalue weighted by atomic mass is 10.1. The maximum atomic E-state index is 12.5. The van der Waals surface area contributed by atoms with E-state index in [0.717, 1.165) is 27.9 Å². The zero-order chi connectivity index (χ0) is 45.5. The number of H-pyrrole nitrogens is 1.